The summed E-state index contributed by atoms with van der Waals surface area (Å²) in [6.07, 6.45) is 7.13. The number of amides is 1. The van der Waals surface area contributed by atoms with Gasteiger partial charge in [-0.15, -0.1) is 11.3 Å². The Balaban J connectivity index is 1.61. The van der Waals surface area contributed by atoms with E-state index < -0.39 is 12.0 Å². The largest absolute Gasteiger partial charge is 0.480 e. The van der Waals surface area contributed by atoms with E-state index in [-0.39, 0.29) is 11.9 Å². The van der Waals surface area contributed by atoms with Crippen LogP contribution in [-0.2, 0) is 4.79 Å². The Morgan fingerprint density at radius 2 is 2.00 bits per heavy atom. The molecule has 0 unspecified atom stereocenters. The van der Waals surface area contributed by atoms with E-state index in [1.165, 1.54) is 0 Å². The maximum absolute atomic E-state index is 12.9. The maximum atomic E-state index is 12.9. The molecule has 0 radical (unpaired) electrons. The number of fused-ring (bicyclic) bond motifs is 1. The molecule has 0 aromatic carbocycles. The van der Waals surface area contributed by atoms with E-state index in [0.29, 0.717) is 24.0 Å². The zero-order valence-corrected chi connectivity index (χ0v) is 13.2. The highest BCUT2D eigenvalue weighted by Gasteiger charge is 2.48. The first-order valence-corrected chi connectivity index (χ1v) is 9.04. The van der Waals surface area contributed by atoms with Gasteiger partial charge < -0.3 is 10.0 Å². The number of hydrogen-bond acceptors (Lipinski definition) is 4. The van der Waals surface area contributed by atoms with E-state index in [4.69, 9.17) is 0 Å². The number of carbonyl (C=O) groups is 2. The average Bonchev–Trinajstić information content (AvgIpc) is 3.12. The minimum absolute atomic E-state index is 0.0911. The highest BCUT2D eigenvalue weighted by atomic mass is 32.1. The van der Waals surface area contributed by atoms with E-state index in [0.717, 1.165) is 43.5 Å². The number of rotatable bonds is 3. The molecule has 1 aromatic heterocycles. The summed E-state index contributed by atoms with van der Waals surface area (Å²) in [6, 6.07) is -0.583. The molecule has 3 fully saturated rings. The molecule has 5 nitrogen and oxygen atoms in total. The summed E-state index contributed by atoms with van der Waals surface area (Å²) in [6.45, 7) is 0. The average molecular weight is 320 g/mol. The summed E-state index contributed by atoms with van der Waals surface area (Å²) in [5, 5.41) is 12.4. The standard InChI is InChI=1S/C16H20N2O3S/c19-15(11-8-22-14(17-11)9-5-6-9)18-12-4-2-1-3-10(12)7-13(18)16(20)21/h8-10,12-13H,1-7H2,(H,20,21)/t10-,12-,13+/m1/s1. The van der Waals surface area contributed by atoms with Gasteiger partial charge in [0, 0.05) is 17.3 Å². The number of hydrogen-bond donors (Lipinski definition) is 1. The van der Waals surface area contributed by atoms with Crippen LogP contribution in [0.15, 0.2) is 5.38 Å². The normalized spacial score (nSPS) is 31.1. The summed E-state index contributed by atoms with van der Waals surface area (Å²) in [4.78, 5) is 30.6. The predicted molar refractivity (Wildman–Crippen MR) is 82.0 cm³/mol. The van der Waals surface area contributed by atoms with Crippen molar-refractivity contribution in [2.24, 2.45) is 5.92 Å². The van der Waals surface area contributed by atoms with Crippen LogP contribution in [0.3, 0.4) is 0 Å². The zero-order chi connectivity index (χ0) is 15.3. The SMILES string of the molecule is O=C(O)[C@@H]1C[C@H]2CCCC[C@H]2N1C(=O)c1csc(C2CC2)n1. The lowest BCUT2D eigenvalue weighted by Gasteiger charge is -2.32. The summed E-state index contributed by atoms with van der Waals surface area (Å²) >= 11 is 1.54. The molecule has 22 heavy (non-hydrogen) atoms. The Kier molecular flexibility index (Phi) is 3.44. The third-order valence-electron chi connectivity index (χ3n) is 5.28. The Morgan fingerprint density at radius 1 is 1.23 bits per heavy atom. The number of nitrogens with zero attached hydrogens (tertiary/aromatic N) is 2. The number of likely N-dealkylation sites (tertiary alicyclic amines) is 1. The molecule has 1 aromatic rings. The molecular weight excluding hydrogens is 300 g/mol. The van der Waals surface area contributed by atoms with Gasteiger partial charge in [0.1, 0.15) is 11.7 Å². The molecule has 1 saturated heterocycles. The van der Waals surface area contributed by atoms with Gasteiger partial charge in [-0.25, -0.2) is 9.78 Å². The van der Waals surface area contributed by atoms with Crippen molar-refractivity contribution < 1.29 is 14.7 Å². The van der Waals surface area contributed by atoms with Crippen molar-refractivity contribution in [3.8, 4) is 0 Å². The summed E-state index contributed by atoms with van der Waals surface area (Å²) in [5.41, 5.74) is 0.448. The molecule has 2 heterocycles. The van der Waals surface area contributed by atoms with Gasteiger partial charge in [-0.05, 0) is 38.0 Å². The monoisotopic (exact) mass is 320 g/mol. The highest BCUT2D eigenvalue weighted by Crippen LogP contribution is 2.43. The van der Waals surface area contributed by atoms with Gasteiger partial charge in [-0.2, -0.15) is 0 Å². The van der Waals surface area contributed by atoms with E-state index in [1.54, 1.807) is 16.2 Å². The molecule has 1 amide bonds. The maximum Gasteiger partial charge on any atom is 0.326 e. The van der Waals surface area contributed by atoms with E-state index in [9.17, 15) is 14.7 Å². The Hall–Kier alpha value is -1.43. The Labute approximate surface area is 133 Å². The van der Waals surface area contributed by atoms with Gasteiger partial charge in [-0.1, -0.05) is 12.8 Å². The third-order valence-corrected chi connectivity index (χ3v) is 6.28. The van der Waals surface area contributed by atoms with E-state index >= 15 is 0 Å². The number of carboxylic acids is 1. The number of thiazole rings is 1. The van der Waals surface area contributed by atoms with Crippen LogP contribution in [0.2, 0.25) is 0 Å². The van der Waals surface area contributed by atoms with E-state index in [1.807, 2.05) is 5.38 Å². The van der Waals surface area contributed by atoms with Crippen molar-refractivity contribution in [3.63, 3.8) is 0 Å². The van der Waals surface area contributed by atoms with Crippen molar-refractivity contribution in [1.82, 2.24) is 9.88 Å². The quantitative estimate of drug-likeness (QED) is 0.929. The molecule has 2 aliphatic carbocycles. The lowest BCUT2D eigenvalue weighted by Crippen LogP contribution is -2.46. The fourth-order valence-electron chi connectivity index (χ4n) is 4.01. The first-order chi connectivity index (χ1) is 10.6. The number of aromatic nitrogens is 1. The fourth-order valence-corrected chi connectivity index (χ4v) is 4.97. The number of carboxylic acid groups (broad SMARTS) is 1. The molecule has 3 aliphatic rings. The molecule has 4 rings (SSSR count). The van der Waals surface area contributed by atoms with Crippen LogP contribution in [-0.4, -0.2) is 39.0 Å². The van der Waals surface area contributed by atoms with Crippen LogP contribution in [0.25, 0.3) is 0 Å². The van der Waals surface area contributed by atoms with Crippen LogP contribution in [0.5, 0.6) is 0 Å². The van der Waals surface area contributed by atoms with Crippen molar-refractivity contribution in [1.29, 1.82) is 0 Å². The van der Waals surface area contributed by atoms with E-state index in [2.05, 4.69) is 4.98 Å². The third kappa shape index (κ3) is 2.33. The lowest BCUT2D eigenvalue weighted by atomic mass is 9.84. The first-order valence-electron chi connectivity index (χ1n) is 8.16. The van der Waals surface area contributed by atoms with Crippen molar-refractivity contribution >= 4 is 23.2 Å². The van der Waals surface area contributed by atoms with Gasteiger partial charge in [0.15, 0.2) is 0 Å². The molecule has 1 aliphatic heterocycles. The highest BCUT2D eigenvalue weighted by molar-refractivity contribution is 7.10. The van der Waals surface area contributed by atoms with Crippen LogP contribution in [0.4, 0.5) is 0 Å². The van der Waals surface area contributed by atoms with Crippen LogP contribution in [0.1, 0.15) is 66.4 Å². The predicted octanol–water partition coefficient (Wildman–Crippen LogP) is 2.88. The molecule has 6 heteroatoms. The second-order valence-electron chi connectivity index (χ2n) is 6.76. The van der Waals surface area contributed by atoms with Crippen molar-refractivity contribution in [2.45, 2.75) is 62.9 Å². The van der Waals surface area contributed by atoms with Gasteiger partial charge in [0.25, 0.3) is 5.91 Å². The zero-order valence-electron chi connectivity index (χ0n) is 12.4. The van der Waals surface area contributed by atoms with Gasteiger partial charge in [0.05, 0.1) is 5.01 Å². The van der Waals surface area contributed by atoms with Gasteiger partial charge in [0.2, 0.25) is 0 Å². The van der Waals surface area contributed by atoms with Crippen molar-refractivity contribution in [2.75, 3.05) is 0 Å². The molecule has 2 saturated carbocycles. The van der Waals surface area contributed by atoms with Crippen LogP contribution < -0.4 is 0 Å². The summed E-state index contributed by atoms with van der Waals surface area (Å²) in [7, 11) is 0. The molecule has 1 N–H and O–H groups in total. The first kappa shape index (κ1) is 14.2. The number of aliphatic carboxylic acids is 1. The second kappa shape index (κ2) is 5.33. The molecular formula is C16H20N2O3S. The van der Waals surface area contributed by atoms with Crippen LogP contribution >= 0.6 is 11.3 Å². The minimum Gasteiger partial charge on any atom is -0.480 e. The molecule has 3 atom stereocenters. The smallest absolute Gasteiger partial charge is 0.326 e. The summed E-state index contributed by atoms with van der Waals surface area (Å²) in [5.74, 6) is -0.173. The fraction of sp³-hybridized carbons (Fsp3) is 0.688. The van der Waals surface area contributed by atoms with Crippen LogP contribution in [0, 0.1) is 5.92 Å². The molecule has 0 bridgehead atoms. The van der Waals surface area contributed by atoms with Gasteiger partial charge in [-0.3, -0.25) is 4.79 Å². The topological polar surface area (TPSA) is 70.5 Å². The van der Waals surface area contributed by atoms with Gasteiger partial charge >= 0.3 is 5.97 Å². The lowest BCUT2D eigenvalue weighted by molar-refractivity contribution is -0.141. The summed E-state index contributed by atoms with van der Waals surface area (Å²) < 4.78 is 0. The molecule has 0 spiro atoms. The minimum atomic E-state index is -0.875. The molecule has 118 valence electrons. The van der Waals surface area contributed by atoms with Crippen molar-refractivity contribution in [3.05, 3.63) is 16.1 Å². The Bertz CT molecular complexity index is 610. The Morgan fingerprint density at radius 3 is 2.73 bits per heavy atom. The number of carbonyl (C=O) groups excluding carboxylic acids is 1. The second-order valence-corrected chi connectivity index (χ2v) is 7.65.